The van der Waals surface area contributed by atoms with E-state index in [0.29, 0.717) is 18.0 Å². The number of rotatable bonds is 7. The first-order valence-corrected chi connectivity index (χ1v) is 10.0. The van der Waals surface area contributed by atoms with Crippen LogP contribution in [0.2, 0.25) is 0 Å². The van der Waals surface area contributed by atoms with Crippen molar-refractivity contribution in [2.24, 2.45) is 4.99 Å². The van der Waals surface area contributed by atoms with Crippen LogP contribution in [-0.2, 0) is 0 Å². The molecule has 0 bridgehead atoms. The molecule has 2 heterocycles. The van der Waals surface area contributed by atoms with Crippen molar-refractivity contribution in [3.8, 4) is 35.2 Å². The van der Waals surface area contributed by atoms with Gasteiger partial charge in [-0.3, -0.25) is 15.1 Å². The molecule has 0 saturated carbocycles. The molecule has 0 atom stereocenters. The highest BCUT2D eigenvalue weighted by atomic mass is 16.6. The molecular weight excluding hydrogens is 442 g/mol. The van der Waals surface area contributed by atoms with Crippen LogP contribution < -0.4 is 19.9 Å². The maximum absolute atomic E-state index is 11.6. The number of aliphatic imine (C=N–C) groups is 1. The maximum Gasteiger partial charge on any atom is 0.373 e. The summed E-state index contributed by atoms with van der Waals surface area (Å²) < 4.78 is 16.5. The molecule has 1 aromatic heterocycles. The Hall–Kier alpha value is -4.92. The molecule has 0 saturated heterocycles. The number of nitriles is 1. The van der Waals surface area contributed by atoms with E-state index in [9.17, 15) is 15.4 Å². The Labute approximate surface area is 194 Å². The summed E-state index contributed by atoms with van der Waals surface area (Å²) in [6.45, 7) is 1.53. The largest absolute Gasteiger partial charge is 0.497 e. The highest BCUT2D eigenvalue weighted by Crippen LogP contribution is 2.37. The number of methoxy groups -OCH3 is 1. The predicted molar refractivity (Wildman–Crippen MR) is 121 cm³/mol. The van der Waals surface area contributed by atoms with Crippen LogP contribution in [0.15, 0.2) is 47.5 Å². The maximum atomic E-state index is 11.6. The van der Waals surface area contributed by atoms with Crippen LogP contribution in [0.1, 0.15) is 11.1 Å². The second-order valence-corrected chi connectivity index (χ2v) is 7.17. The first-order chi connectivity index (χ1) is 16.4. The Bertz CT molecular complexity index is 1340. The van der Waals surface area contributed by atoms with Gasteiger partial charge in [0.05, 0.1) is 30.2 Å². The van der Waals surface area contributed by atoms with Gasteiger partial charge < -0.3 is 24.8 Å². The van der Waals surface area contributed by atoms with Gasteiger partial charge in [-0.1, -0.05) is 12.1 Å². The van der Waals surface area contributed by atoms with E-state index in [2.05, 4.69) is 15.0 Å². The lowest BCUT2D eigenvalue weighted by Crippen LogP contribution is -2.23. The summed E-state index contributed by atoms with van der Waals surface area (Å²) >= 11 is 0. The highest BCUT2D eigenvalue weighted by molar-refractivity contribution is 5.99. The van der Waals surface area contributed by atoms with Crippen LogP contribution in [0.25, 0.3) is 0 Å². The Kier molecular flexibility index (Phi) is 6.09. The van der Waals surface area contributed by atoms with E-state index >= 15 is 0 Å². The van der Waals surface area contributed by atoms with Gasteiger partial charge in [-0.15, -0.1) is 0 Å². The first kappa shape index (κ1) is 22.3. The molecular formula is C22H19N7O5. The number of nitro groups is 1. The monoisotopic (exact) mass is 461 g/mol. The molecule has 4 rings (SSSR count). The third-order valence-electron chi connectivity index (χ3n) is 4.86. The average molecular weight is 461 g/mol. The zero-order chi connectivity index (χ0) is 24.2. The summed E-state index contributed by atoms with van der Waals surface area (Å²) in [5, 5.41) is 20.8. The number of ether oxygens (including phenoxy) is 3. The minimum Gasteiger partial charge on any atom is -0.497 e. The number of hydrogen-bond donors (Lipinski definition) is 1. The van der Waals surface area contributed by atoms with Crippen LogP contribution in [0, 0.1) is 21.4 Å². The molecule has 1 aliphatic rings. The molecule has 0 spiro atoms. The molecule has 0 fully saturated rings. The molecule has 12 nitrogen and oxygen atoms in total. The lowest BCUT2D eigenvalue weighted by Gasteiger charge is -2.14. The van der Waals surface area contributed by atoms with Crippen LogP contribution >= 0.6 is 0 Å². The van der Waals surface area contributed by atoms with Crippen LogP contribution in [0.4, 0.5) is 11.5 Å². The van der Waals surface area contributed by atoms with Gasteiger partial charge in [-0.05, 0) is 24.3 Å². The summed E-state index contributed by atoms with van der Waals surface area (Å²) in [6.07, 6.45) is 0. The fourth-order valence-corrected chi connectivity index (χ4v) is 3.29. The first-order valence-electron chi connectivity index (χ1n) is 10.0. The zero-order valence-electron chi connectivity index (χ0n) is 18.3. The number of nitrogen functional groups attached to an aromatic ring is 1. The molecule has 3 aromatic rings. The topological polar surface area (TPSA) is 162 Å². The second kappa shape index (κ2) is 9.29. The fourth-order valence-electron chi connectivity index (χ4n) is 3.29. The molecule has 1 aliphatic heterocycles. The molecule has 172 valence electrons. The van der Waals surface area contributed by atoms with Crippen molar-refractivity contribution in [1.29, 1.82) is 5.26 Å². The van der Waals surface area contributed by atoms with E-state index < -0.39 is 22.3 Å². The predicted octanol–water partition coefficient (Wildman–Crippen LogP) is 3.12. The Morgan fingerprint density at radius 3 is 2.62 bits per heavy atom. The van der Waals surface area contributed by atoms with Crippen LogP contribution in [0.3, 0.4) is 0 Å². The SMILES string of the molecule is COc1cc(C#N)cc(Oc2nc(Oc3cccc(C4=NCCN4C)c3)nc(N)c2[N+](=O)[O-])c1. The lowest BCUT2D eigenvalue weighted by molar-refractivity contribution is -0.385. The van der Waals surface area contributed by atoms with Gasteiger partial charge in [0.25, 0.3) is 0 Å². The smallest absolute Gasteiger partial charge is 0.373 e. The summed E-state index contributed by atoms with van der Waals surface area (Å²) in [4.78, 5) is 25.3. The number of amidine groups is 1. The van der Waals surface area contributed by atoms with Crippen molar-refractivity contribution in [1.82, 2.24) is 14.9 Å². The van der Waals surface area contributed by atoms with Gasteiger partial charge in [0.15, 0.2) is 0 Å². The molecule has 34 heavy (non-hydrogen) atoms. The van der Waals surface area contributed by atoms with Gasteiger partial charge in [-0.2, -0.15) is 15.2 Å². The number of hydrogen-bond acceptors (Lipinski definition) is 11. The highest BCUT2D eigenvalue weighted by Gasteiger charge is 2.26. The standard InChI is InChI=1S/C22H19N7O5/c1-28-7-6-25-20(28)14-4-3-5-15(10-14)34-22-26-19(24)18(29(30)31)21(27-22)33-17-9-13(12-23)8-16(11-17)32-2/h3-5,8-11H,6-7H2,1-2H3,(H2,24,26,27). The minimum atomic E-state index is -0.755. The van der Waals surface area contributed by atoms with Gasteiger partial charge in [-0.25, -0.2) is 0 Å². The van der Waals surface area contributed by atoms with Gasteiger partial charge in [0, 0.05) is 25.2 Å². The molecule has 2 aromatic carbocycles. The average Bonchev–Trinajstić information content (AvgIpc) is 3.24. The molecule has 2 N–H and O–H groups in total. The van der Waals surface area contributed by atoms with Gasteiger partial charge in [0.1, 0.15) is 23.1 Å². The zero-order valence-corrected chi connectivity index (χ0v) is 18.3. The quantitative estimate of drug-likeness (QED) is 0.408. The van der Waals surface area contributed by atoms with Crippen molar-refractivity contribution >= 4 is 17.3 Å². The van der Waals surface area contributed by atoms with Crippen LogP contribution in [0.5, 0.6) is 29.1 Å². The van der Waals surface area contributed by atoms with E-state index in [1.807, 2.05) is 24.1 Å². The van der Waals surface area contributed by atoms with Gasteiger partial charge >= 0.3 is 17.6 Å². The molecule has 0 unspecified atom stereocenters. The van der Waals surface area contributed by atoms with E-state index in [4.69, 9.17) is 19.9 Å². The fraction of sp³-hybridized carbons (Fsp3) is 0.182. The Morgan fingerprint density at radius 2 is 1.94 bits per heavy atom. The van der Waals surface area contributed by atoms with E-state index in [1.54, 1.807) is 18.2 Å². The summed E-state index contributed by atoms with van der Waals surface area (Å²) in [6, 6.07) is 13.1. The number of benzene rings is 2. The lowest BCUT2D eigenvalue weighted by atomic mass is 10.2. The molecule has 0 amide bonds. The third-order valence-corrected chi connectivity index (χ3v) is 4.86. The Morgan fingerprint density at radius 1 is 1.15 bits per heavy atom. The van der Waals surface area contributed by atoms with E-state index in [0.717, 1.165) is 17.9 Å². The summed E-state index contributed by atoms with van der Waals surface area (Å²) in [7, 11) is 3.36. The van der Waals surface area contributed by atoms with Gasteiger partial charge in [0.2, 0.25) is 5.82 Å². The number of anilines is 1. The normalized spacial score (nSPS) is 12.6. The van der Waals surface area contributed by atoms with Crippen LogP contribution in [-0.4, -0.2) is 52.9 Å². The number of aromatic nitrogens is 2. The Balaban J connectivity index is 1.69. The van der Waals surface area contributed by atoms with E-state index in [-0.39, 0.29) is 17.3 Å². The van der Waals surface area contributed by atoms with Crippen molar-refractivity contribution in [3.63, 3.8) is 0 Å². The van der Waals surface area contributed by atoms with Crippen molar-refractivity contribution < 1.29 is 19.1 Å². The molecule has 12 heteroatoms. The minimum absolute atomic E-state index is 0.0901. The summed E-state index contributed by atoms with van der Waals surface area (Å²) in [5.41, 5.74) is 6.27. The van der Waals surface area contributed by atoms with Crippen molar-refractivity contribution in [2.75, 3.05) is 33.0 Å². The van der Waals surface area contributed by atoms with Crippen molar-refractivity contribution in [3.05, 3.63) is 63.7 Å². The van der Waals surface area contributed by atoms with Crippen molar-refractivity contribution in [2.45, 2.75) is 0 Å². The third kappa shape index (κ3) is 4.63. The molecule has 0 radical (unpaired) electrons. The number of likely N-dealkylation sites (N-methyl/N-ethyl adjacent to an activating group) is 1. The second-order valence-electron chi connectivity index (χ2n) is 7.17. The molecule has 0 aliphatic carbocycles. The number of nitrogens with two attached hydrogens (primary N) is 1. The summed E-state index contributed by atoms with van der Waals surface area (Å²) in [5.74, 6) is 0.738. The number of nitrogens with zero attached hydrogens (tertiary/aromatic N) is 6. The van der Waals surface area contributed by atoms with E-state index in [1.165, 1.54) is 25.3 Å².